The minimum atomic E-state index is -4.08. The minimum Gasteiger partial charge on any atom is -0.399 e. The minimum absolute atomic E-state index is 0.109. The Bertz CT molecular complexity index is 363. The number of anilines is 2. The fourth-order valence-corrected chi connectivity index (χ4v) is 1.83. The maximum atomic E-state index is 12.1. The molecule has 1 rings (SSSR count). The molecule has 0 aliphatic heterocycles. The summed E-state index contributed by atoms with van der Waals surface area (Å²) in [6.07, 6.45) is -3.82. The number of alkyl halides is 3. The van der Waals surface area contributed by atoms with Crippen LogP contribution >= 0.6 is 0 Å². The van der Waals surface area contributed by atoms with Crippen LogP contribution in [0, 0.1) is 0 Å². The van der Waals surface area contributed by atoms with Gasteiger partial charge in [0.05, 0.1) is 0 Å². The lowest BCUT2D eigenvalue weighted by molar-refractivity contribution is -0.135. The molecular weight excluding hydrogens is 241 g/mol. The molecular formula is C13H19F3N2. The Kier molecular flexibility index (Phi) is 5.31. The average molecular weight is 260 g/mol. The summed E-state index contributed by atoms with van der Waals surface area (Å²) >= 11 is 0. The first-order valence-corrected chi connectivity index (χ1v) is 6.09. The Morgan fingerprint density at radius 2 is 1.94 bits per heavy atom. The zero-order valence-corrected chi connectivity index (χ0v) is 10.5. The van der Waals surface area contributed by atoms with Crippen molar-refractivity contribution in [2.45, 2.75) is 32.4 Å². The van der Waals surface area contributed by atoms with E-state index < -0.39 is 12.6 Å². The molecule has 0 radical (unpaired) electrons. The lowest BCUT2D eigenvalue weighted by atomic mass is 10.2. The van der Waals surface area contributed by atoms with E-state index in [1.807, 2.05) is 24.0 Å². The highest BCUT2D eigenvalue weighted by Gasteiger charge is 2.26. The number of halogens is 3. The summed E-state index contributed by atoms with van der Waals surface area (Å²) < 4.78 is 36.4. The van der Waals surface area contributed by atoms with E-state index in [1.165, 1.54) is 0 Å². The van der Waals surface area contributed by atoms with Crippen LogP contribution in [0.5, 0.6) is 0 Å². The third-order valence-electron chi connectivity index (χ3n) is 2.62. The molecule has 5 heteroatoms. The van der Waals surface area contributed by atoms with Gasteiger partial charge in [0.15, 0.2) is 0 Å². The van der Waals surface area contributed by atoms with Gasteiger partial charge in [-0.05, 0) is 31.0 Å². The Morgan fingerprint density at radius 1 is 1.22 bits per heavy atom. The summed E-state index contributed by atoms with van der Waals surface area (Å²) in [6, 6.07) is 7.25. The van der Waals surface area contributed by atoms with Crippen molar-refractivity contribution in [2.24, 2.45) is 0 Å². The number of hydrogen-bond acceptors (Lipinski definition) is 2. The molecule has 2 nitrogen and oxygen atoms in total. The van der Waals surface area contributed by atoms with Crippen LogP contribution in [0.15, 0.2) is 24.3 Å². The summed E-state index contributed by atoms with van der Waals surface area (Å²) in [5.41, 5.74) is 7.20. The predicted octanol–water partition coefficient (Wildman–Crippen LogP) is 3.83. The van der Waals surface area contributed by atoms with Crippen LogP contribution < -0.4 is 10.6 Å². The van der Waals surface area contributed by atoms with Crippen LogP contribution in [0.3, 0.4) is 0 Å². The van der Waals surface area contributed by atoms with Crippen LogP contribution in [0.4, 0.5) is 24.5 Å². The molecule has 0 saturated carbocycles. The molecule has 0 heterocycles. The summed E-state index contributed by atoms with van der Waals surface area (Å²) in [4.78, 5) is 1.95. The van der Waals surface area contributed by atoms with Crippen LogP contribution in [-0.2, 0) is 0 Å². The molecule has 0 spiro atoms. The second-order valence-corrected chi connectivity index (χ2v) is 4.30. The van der Waals surface area contributed by atoms with Crippen molar-refractivity contribution in [1.82, 2.24) is 0 Å². The van der Waals surface area contributed by atoms with Gasteiger partial charge < -0.3 is 10.6 Å². The second-order valence-electron chi connectivity index (χ2n) is 4.30. The molecule has 2 N–H and O–H groups in total. The fourth-order valence-electron chi connectivity index (χ4n) is 1.83. The maximum absolute atomic E-state index is 12.1. The number of hydrogen-bond donors (Lipinski definition) is 1. The summed E-state index contributed by atoms with van der Waals surface area (Å²) in [5, 5.41) is 0. The van der Waals surface area contributed by atoms with Crippen LogP contribution in [0.25, 0.3) is 0 Å². The first-order valence-electron chi connectivity index (χ1n) is 6.09. The van der Waals surface area contributed by atoms with Crippen LogP contribution in [-0.4, -0.2) is 19.3 Å². The molecule has 18 heavy (non-hydrogen) atoms. The number of nitrogen functional groups attached to an aromatic ring is 1. The third-order valence-corrected chi connectivity index (χ3v) is 2.62. The highest BCUT2D eigenvalue weighted by atomic mass is 19.4. The van der Waals surface area contributed by atoms with Gasteiger partial charge in [0.2, 0.25) is 0 Å². The van der Waals surface area contributed by atoms with E-state index >= 15 is 0 Å². The lowest BCUT2D eigenvalue weighted by Crippen LogP contribution is -2.26. The maximum Gasteiger partial charge on any atom is 0.389 e. The van der Waals surface area contributed by atoms with E-state index in [4.69, 9.17) is 5.73 Å². The Morgan fingerprint density at radius 3 is 2.50 bits per heavy atom. The molecule has 0 atom stereocenters. The molecule has 0 aliphatic rings. The smallest absolute Gasteiger partial charge is 0.389 e. The molecule has 1 aromatic carbocycles. The first kappa shape index (κ1) is 14.7. The van der Waals surface area contributed by atoms with Crippen molar-refractivity contribution in [2.75, 3.05) is 23.7 Å². The molecule has 1 aromatic rings. The number of nitrogens with two attached hydrogens (primary N) is 1. The normalized spacial score (nSPS) is 11.6. The van der Waals surface area contributed by atoms with Gasteiger partial charge in [-0.3, -0.25) is 0 Å². The standard InChI is InChI=1S/C13H19F3N2/c1-2-8-18(9-4-7-13(14,15)16)12-6-3-5-11(17)10-12/h3,5-6,10H,2,4,7-9,17H2,1H3. The molecule has 0 aromatic heterocycles. The van der Waals surface area contributed by atoms with E-state index in [2.05, 4.69) is 0 Å². The summed E-state index contributed by atoms with van der Waals surface area (Å²) in [6.45, 7) is 3.14. The molecule has 0 unspecified atom stereocenters. The van der Waals surface area contributed by atoms with Crippen LogP contribution in [0.1, 0.15) is 26.2 Å². The van der Waals surface area contributed by atoms with Crippen molar-refractivity contribution in [3.05, 3.63) is 24.3 Å². The topological polar surface area (TPSA) is 29.3 Å². The molecule has 102 valence electrons. The Balaban J connectivity index is 2.60. The van der Waals surface area contributed by atoms with Gasteiger partial charge in [0.1, 0.15) is 0 Å². The number of rotatable bonds is 6. The zero-order valence-electron chi connectivity index (χ0n) is 10.5. The van der Waals surface area contributed by atoms with Gasteiger partial charge in [-0.25, -0.2) is 0 Å². The van der Waals surface area contributed by atoms with Gasteiger partial charge in [-0.2, -0.15) is 13.2 Å². The van der Waals surface area contributed by atoms with E-state index in [-0.39, 0.29) is 6.42 Å². The molecule has 0 bridgehead atoms. The van der Waals surface area contributed by atoms with Gasteiger partial charge in [0.25, 0.3) is 0 Å². The van der Waals surface area contributed by atoms with Crippen molar-refractivity contribution >= 4 is 11.4 Å². The fraction of sp³-hybridized carbons (Fsp3) is 0.538. The monoisotopic (exact) mass is 260 g/mol. The highest BCUT2D eigenvalue weighted by Crippen LogP contribution is 2.23. The van der Waals surface area contributed by atoms with Crippen molar-refractivity contribution in [1.29, 1.82) is 0 Å². The average Bonchev–Trinajstić information content (AvgIpc) is 2.26. The lowest BCUT2D eigenvalue weighted by Gasteiger charge is -2.24. The van der Waals surface area contributed by atoms with Gasteiger partial charge in [-0.1, -0.05) is 13.0 Å². The summed E-state index contributed by atoms with van der Waals surface area (Å²) in [5.74, 6) is 0. The molecule has 0 amide bonds. The number of nitrogens with zero attached hydrogens (tertiary/aromatic N) is 1. The van der Waals surface area contributed by atoms with E-state index in [1.54, 1.807) is 12.1 Å². The van der Waals surface area contributed by atoms with Gasteiger partial charge >= 0.3 is 6.18 Å². The van der Waals surface area contributed by atoms with E-state index in [9.17, 15) is 13.2 Å². The van der Waals surface area contributed by atoms with Crippen molar-refractivity contribution in [3.63, 3.8) is 0 Å². The summed E-state index contributed by atoms with van der Waals surface area (Å²) in [7, 11) is 0. The zero-order chi connectivity index (χ0) is 13.6. The largest absolute Gasteiger partial charge is 0.399 e. The highest BCUT2D eigenvalue weighted by molar-refractivity contribution is 5.55. The number of benzene rings is 1. The van der Waals surface area contributed by atoms with Crippen LogP contribution in [0.2, 0.25) is 0 Å². The van der Waals surface area contributed by atoms with E-state index in [0.29, 0.717) is 12.2 Å². The van der Waals surface area contributed by atoms with Gasteiger partial charge in [-0.15, -0.1) is 0 Å². The Hall–Kier alpha value is -1.39. The second kappa shape index (κ2) is 6.52. The molecule has 0 fully saturated rings. The quantitative estimate of drug-likeness (QED) is 0.788. The third kappa shape index (κ3) is 5.29. The van der Waals surface area contributed by atoms with Crippen molar-refractivity contribution < 1.29 is 13.2 Å². The van der Waals surface area contributed by atoms with Gasteiger partial charge in [0, 0.05) is 30.9 Å². The van der Waals surface area contributed by atoms with E-state index in [0.717, 1.165) is 18.7 Å². The Labute approximate surface area is 106 Å². The SMILES string of the molecule is CCCN(CCCC(F)(F)F)c1cccc(N)c1. The first-order chi connectivity index (χ1) is 8.42. The molecule has 0 aliphatic carbocycles. The van der Waals surface area contributed by atoms with Crippen molar-refractivity contribution in [3.8, 4) is 0 Å². The predicted molar refractivity (Wildman–Crippen MR) is 68.6 cm³/mol. The molecule has 0 saturated heterocycles.